The Bertz CT molecular complexity index is 574. The van der Waals surface area contributed by atoms with Gasteiger partial charge >= 0.3 is 0 Å². The number of hydrogen-bond acceptors (Lipinski definition) is 3. The molecule has 2 aromatic rings. The zero-order chi connectivity index (χ0) is 13.1. The fraction of sp³-hybridized carbons (Fsp3) is 0.462. The number of carbonyl (C=O) groups excluding carboxylic acids is 1. The van der Waals surface area contributed by atoms with Gasteiger partial charge in [0.2, 0.25) is 5.91 Å². The SMILES string of the molecule is CCCCC(=O)Nc1cnc2c(c1)c(C)nn2C. The van der Waals surface area contributed by atoms with Gasteiger partial charge in [-0.15, -0.1) is 0 Å². The van der Waals surface area contributed by atoms with E-state index in [9.17, 15) is 4.79 Å². The topological polar surface area (TPSA) is 59.8 Å². The van der Waals surface area contributed by atoms with E-state index in [4.69, 9.17) is 0 Å². The maximum Gasteiger partial charge on any atom is 0.224 e. The Morgan fingerprint density at radius 2 is 2.28 bits per heavy atom. The van der Waals surface area contributed by atoms with Gasteiger partial charge in [0.25, 0.3) is 0 Å². The van der Waals surface area contributed by atoms with Crippen molar-refractivity contribution in [2.75, 3.05) is 5.32 Å². The lowest BCUT2D eigenvalue weighted by atomic mass is 10.2. The number of amides is 1. The van der Waals surface area contributed by atoms with E-state index >= 15 is 0 Å². The second kappa shape index (κ2) is 5.16. The summed E-state index contributed by atoms with van der Waals surface area (Å²) in [6.07, 6.45) is 4.16. The maximum absolute atomic E-state index is 11.6. The van der Waals surface area contributed by atoms with Crippen LogP contribution in [0, 0.1) is 6.92 Å². The summed E-state index contributed by atoms with van der Waals surface area (Å²) in [6.45, 7) is 4.01. The summed E-state index contributed by atoms with van der Waals surface area (Å²) >= 11 is 0. The average Bonchev–Trinajstić information content (AvgIpc) is 2.62. The third kappa shape index (κ3) is 2.50. The Kier molecular flexibility index (Phi) is 3.60. The van der Waals surface area contributed by atoms with Crippen LogP contribution in [0.15, 0.2) is 12.3 Å². The predicted octanol–water partition coefficient (Wildman–Crippen LogP) is 2.41. The molecule has 0 aliphatic heterocycles. The zero-order valence-electron chi connectivity index (χ0n) is 11.0. The van der Waals surface area contributed by atoms with Gasteiger partial charge < -0.3 is 5.32 Å². The number of aromatic nitrogens is 3. The Morgan fingerprint density at radius 3 is 3.00 bits per heavy atom. The van der Waals surface area contributed by atoms with E-state index in [1.807, 2.05) is 20.0 Å². The van der Waals surface area contributed by atoms with Crippen molar-refractivity contribution in [2.45, 2.75) is 33.1 Å². The smallest absolute Gasteiger partial charge is 0.224 e. The fourth-order valence-electron chi connectivity index (χ4n) is 1.94. The maximum atomic E-state index is 11.6. The van der Waals surface area contributed by atoms with Gasteiger partial charge in [-0.2, -0.15) is 5.10 Å². The van der Waals surface area contributed by atoms with Crippen LogP contribution in [0.4, 0.5) is 5.69 Å². The number of carbonyl (C=O) groups is 1. The molecule has 0 bridgehead atoms. The van der Waals surface area contributed by atoms with Crippen LogP contribution in [0.5, 0.6) is 0 Å². The third-order valence-electron chi connectivity index (χ3n) is 2.90. The van der Waals surface area contributed by atoms with Crippen molar-refractivity contribution < 1.29 is 4.79 Å². The summed E-state index contributed by atoms with van der Waals surface area (Å²) in [5.74, 6) is 0.0412. The van der Waals surface area contributed by atoms with Gasteiger partial charge in [0, 0.05) is 18.9 Å². The van der Waals surface area contributed by atoms with Crippen molar-refractivity contribution in [3.05, 3.63) is 18.0 Å². The minimum atomic E-state index is 0.0412. The van der Waals surface area contributed by atoms with Crippen LogP contribution < -0.4 is 5.32 Å². The van der Waals surface area contributed by atoms with Crippen molar-refractivity contribution >= 4 is 22.6 Å². The molecule has 1 amide bonds. The highest BCUT2D eigenvalue weighted by molar-refractivity contribution is 5.93. The van der Waals surface area contributed by atoms with Crippen LogP contribution in [-0.2, 0) is 11.8 Å². The molecule has 0 aliphatic carbocycles. The molecule has 2 aromatic heterocycles. The summed E-state index contributed by atoms with van der Waals surface area (Å²) in [7, 11) is 1.86. The molecule has 0 atom stereocenters. The first kappa shape index (κ1) is 12.5. The number of nitrogens with zero attached hydrogens (tertiary/aromatic N) is 3. The second-order valence-corrected chi connectivity index (χ2v) is 4.46. The van der Waals surface area contributed by atoms with Crippen molar-refractivity contribution in [3.8, 4) is 0 Å². The van der Waals surface area contributed by atoms with Crippen LogP contribution >= 0.6 is 0 Å². The summed E-state index contributed by atoms with van der Waals surface area (Å²) in [4.78, 5) is 16.0. The number of hydrogen-bond donors (Lipinski definition) is 1. The third-order valence-corrected chi connectivity index (χ3v) is 2.90. The Balaban J connectivity index is 2.20. The molecule has 18 heavy (non-hydrogen) atoms. The van der Waals surface area contributed by atoms with E-state index in [2.05, 4.69) is 22.3 Å². The lowest BCUT2D eigenvalue weighted by Crippen LogP contribution is -2.11. The van der Waals surface area contributed by atoms with Crippen molar-refractivity contribution in [1.29, 1.82) is 0 Å². The van der Waals surface area contributed by atoms with Crippen LogP contribution in [0.1, 0.15) is 31.9 Å². The lowest BCUT2D eigenvalue weighted by Gasteiger charge is -2.04. The number of fused-ring (bicyclic) bond motifs is 1. The van der Waals surface area contributed by atoms with Crippen LogP contribution in [0.3, 0.4) is 0 Å². The molecule has 2 rings (SSSR count). The highest BCUT2D eigenvalue weighted by Gasteiger charge is 2.08. The quantitative estimate of drug-likeness (QED) is 0.901. The van der Waals surface area contributed by atoms with Gasteiger partial charge in [0.1, 0.15) is 0 Å². The molecule has 0 saturated carbocycles. The molecule has 0 spiro atoms. The number of rotatable bonds is 4. The van der Waals surface area contributed by atoms with E-state index < -0.39 is 0 Å². The van der Waals surface area contributed by atoms with Gasteiger partial charge in [0.05, 0.1) is 17.6 Å². The minimum absolute atomic E-state index is 0.0412. The van der Waals surface area contributed by atoms with Gasteiger partial charge in [-0.1, -0.05) is 13.3 Å². The molecule has 0 radical (unpaired) electrons. The molecule has 96 valence electrons. The van der Waals surface area contributed by atoms with Crippen molar-refractivity contribution in [1.82, 2.24) is 14.8 Å². The fourth-order valence-corrected chi connectivity index (χ4v) is 1.94. The lowest BCUT2D eigenvalue weighted by molar-refractivity contribution is -0.116. The molecule has 0 aliphatic rings. The number of nitrogens with one attached hydrogen (secondary N) is 1. The molecule has 1 N–H and O–H groups in total. The minimum Gasteiger partial charge on any atom is -0.325 e. The molecule has 0 unspecified atom stereocenters. The summed E-state index contributed by atoms with van der Waals surface area (Å²) in [6, 6.07) is 1.93. The molecule has 0 saturated heterocycles. The summed E-state index contributed by atoms with van der Waals surface area (Å²) in [5.41, 5.74) is 2.49. The highest BCUT2D eigenvalue weighted by Crippen LogP contribution is 2.19. The number of unbranched alkanes of at least 4 members (excludes halogenated alkanes) is 1. The summed E-state index contributed by atoms with van der Waals surface area (Å²) in [5, 5.41) is 8.15. The monoisotopic (exact) mass is 246 g/mol. The highest BCUT2D eigenvalue weighted by atomic mass is 16.1. The van der Waals surface area contributed by atoms with Gasteiger partial charge in [-0.25, -0.2) is 4.98 Å². The molecular weight excluding hydrogens is 228 g/mol. The van der Waals surface area contributed by atoms with Crippen molar-refractivity contribution in [3.63, 3.8) is 0 Å². The Labute approximate surface area is 106 Å². The summed E-state index contributed by atoms with van der Waals surface area (Å²) < 4.78 is 1.74. The number of pyridine rings is 1. The van der Waals surface area contributed by atoms with Gasteiger partial charge in [0.15, 0.2) is 5.65 Å². The molecule has 5 nitrogen and oxygen atoms in total. The van der Waals surface area contributed by atoms with E-state index in [1.54, 1.807) is 10.9 Å². The first-order valence-electron chi connectivity index (χ1n) is 6.21. The van der Waals surface area contributed by atoms with Crippen molar-refractivity contribution in [2.24, 2.45) is 7.05 Å². The van der Waals surface area contributed by atoms with E-state index in [0.717, 1.165) is 35.3 Å². The first-order chi connectivity index (χ1) is 8.61. The number of aryl methyl sites for hydroxylation is 2. The number of anilines is 1. The zero-order valence-corrected chi connectivity index (χ0v) is 11.0. The van der Waals surface area contributed by atoms with E-state index in [0.29, 0.717) is 6.42 Å². The second-order valence-electron chi connectivity index (χ2n) is 4.46. The first-order valence-corrected chi connectivity index (χ1v) is 6.21. The van der Waals surface area contributed by atoms with E-state index in [-0.39, 0.29) is 5.91 Å². The predicted molar refractivity (Wildman–Crippen MR) is 71.4 cm³/mol. The standard InChI is InChI=1S/C13H18N4O/c1-4-5-6-12(18)15-10-7-11-9(2)16-17(3)13(11)14-8-10/h7-8H,4-6H2,1-3H3,(H,15,18). The van der Waals surface area contributed by atoms with Crippen LogP contribution in [-0.4, -0.2) is 20.7 Å². The molecule has 0 aromatic carbocycles. The Morgan fingerprint density at radius 1 is 1.50 bits per heavy atom. The molecule has 2 heterocycles. The van der Waals surface area contributed by atoms with Gasteiger partial charge in [-0.3, -0.25) is 9.48 Å². The Hall–Kier alpha value is -1.91. The molecule has 5 heteroatoms. The normalized spacial score (nSPS) is 10.8. The largest absolute Gasteiger partial charge is 0.325 e. The average molecular weight is 246 g/mol. The van der Waals surface area contributed by atoms with Crippen LogP contribution in [0.25, 0.3) is 11.0 Å². The van der Waals surface area contributed by atoms with E-state index in [1.165, 1.54) is 0 Å². The molecule has 0 fully saturated rings. The van der Waals surface area contributed by atoms with Gasteiger partial charge in [-0.05, 0) is 19.4 Å². The molecular formula is C13H18N4O. The van der Waals surface area contributed by atoms with Crippen LogP contribution in [0.2, 0.25) is 0 Å².